The molecular weight excluding hydrogens is 272 g/mol. The third kappa shape index (κ3) is 3.31. The summed E-state index contributed by atoms with van der Waals surface area (Å²) in [5, 5.41) is 3.14. The monoisotopic (exact) mass is 286 g/mol. The highest BCUT2D eigenvalue weighted by Gasteiger charge is 2.14. The summed E-state index contributed by atoms with van der Waals surface area (Å²) in [6.45, 7) is 1.70. The first-order chi connectivity index (χ1) is 7.74. The molecular formula is C10H15BrN4O. The van der Waals surface area contributed by atoms with Crippen LogP contribution in [-0.4, -0.2) is 29.2 Å². The second kappa shape index (κ2) is 5.45. The number of nitrogens with zero attached hydrogens (tertiary/aromatic N) is 2. The predicted octanol–water partition coefficient (Wildman–Crippen LogP) is 1.80. The van der Waals surface area contributed by atoms with Crippen LogP contribution in [0.2, 0.25) is 0 Å². The van der Waals surface area contributed by atoms with Crippen LogP contribution in [0.25, 0.3) is 0 Å². The van der Waals surface area contributed by atoms with Gasteiger partial charge in [0, 0.05) is 19.2 Å². The number of nitrogens with one attached hydrogen (secondary N) is 1. The molecule has 3 N–H and O–H groups in total. The molecule has 0 aliphatic carbocycles. The summed E-state index contributed by atoms with van der Waals surface area (Å²) >= 11 is 3.28. The molecule has 1 saturated heterocycles. The van der Waals surface area contributed by atoms with E-state index < -0.39 is 0 Å². The molecule has 16 heavy (non-hydrogen) atoms. The number of hydrogen-bond acceptors (Lipinski definition) is 5. The zero-order valence-electron chi connectivity index (χ0n) is 8.95. The molecule has 0 saturated carbocycles. The number of ether oxygens (including phenoxy) is 1. The first-order valence-electron chi connectivity index (χ1n) is 5.39. The number of anilines is 2. The standard InChI is InChI=1S/C10H15BrN4O/c11-8-6-9(12)15-10(14-8)13-4-3-7-2-1-5-16-7/h6-7H,1-5H2,(H3,12,13,14,15). The van der Waals surface area contributed by atoms with Gasteiger partial charge in [0.2, 0.25) is 5.95 Å². The molecule has 1 fully saturated rings. The Labute approximate surface area is 103 Å². The van der Waals surface area contributed by atoms with Gasteiger partial charge in [-0.1, -0.05) is 0 Å². The first kappa shape index (κ1) is 11.6. The highest BCUT2D eigenvalue weighted by Crippen LogP contribution is 2.16. The number of aromatic nitrogens is 2. The Morgan fingerprint density at radius 2 is 2.44 bits per heavy atom. The molecule has 88 valence electrons. The summed E-state index contributed by atoms with van der Waals surface area (Å²) < 4.78 is 6.22. The summed E-state index contributed by atoms with van der Waals surface area (Å²) in [7, 11) is 0. The molecule has 6 heteroatoms. The van der Waals surface area contributed by atoms with Gasteiger partial charge in [-0.15, -0.1) is 0 Å². The van der Waals surface area contributed by atoms with Crippen LogP contribution in [0.1, 0.15) is 19.3 Å². The van der Waals surface area contributed by atoms with Gasteiger partial charge in [0.25, 0.3) is 0 Å². The lowest BCUT2D eigenvalue weighted by Crippen LogP contribution is -2.14. The molecule has 2 rings (SSSR count). The number of halogens is 1. The van der Waals surface area contributed by atoms with Gasteiger partial charge in [0.15, 0.2) is 0 Å². The van der Waals surface area contributed by atoms with Gasteiger partial charge < -0.3 is 15.8 Å². The molecule has 5 nitrogen and oxygen atoms in total. The lowest BCUT2D eigenvalue weighted by molar-refractivity contribution is 0.107. The van der Waals surface area contributed by atoms with E-state index in [0.29, 0.717) is 22.5 Å². The molecule has 1 aliphatic rings. The SMILES string of the molecule is Nc1cc(Br)nc(NCCC2CCCO2)n1. The van der Waals surface area contributed by atoms with E-state index in [4.69, 9.17) is 10.5 Å². The molecule has 1 unspecified atom stereocenters. The fraction of sp³-hybridized carbons (Fsp3) is 0.600. The Morgan fingerprint density at radius 3 is 3.12 bits per heavy atom. The van der Waals surface area contributed by atoms with Crippen molar-refractivity contribution in [3.8, 4) is 0 Å². The molecule has 1 aliphatic heterocycles. The predicted molar refractivity (Wildman–Crippen MR) is 66.2 cm³/mol. The Hall–Kier alpha value is -0.880. The van der Waals surface area contributed by atoms with Gasteiger partial charge in [-0.05, 0) is 35.2 Å². The van der Waals surface area contributed by atoms with E-state index >= 15 is 0 Å². The van der Waals surface area contributed by atoms with Gasteiger partial charge in [0.05, 0.1) is 6.10 Å². The van der Waals surface area contributed by atoms with E-state index in [1.54, 1.807) is 6.07 Å². The van der Waals surface area contributed by atoms with Crippen LogP contribution in [0.4, 0.5) is 11.8 Å². The minimum atomic E-state index is 0.386. The number of rotatable bonds is 4. The van der Waals surface area contributed by atoms with E-state index in [1.807, 2.05) is 0 Å². The van der Waals surface area contributed by atoms with E-state index in [2.05, 4.69) is 31.2 Å². The highest BCUT2D eigenvalue weighted by atomic mass is 79.9. The smallest absolute Gasteiger partial charge is 0.225 e. The van der Waals surface area contributed by atoms with E-state index in [1.165, 1.54) is 6.42 Å². The van der Waals surface area contributed by atoms with Crippen LogP contribution >= 0.6 is 15.9 Å². The fourth-order valence-corrected chi connectivity index (χ4v) is 2.13. The fourth-order valence-electron chi connectivity index (χ4n) is 1.73. The number of nitrogens with two attached hydrogens (primary N) is 1. The maximum Gasteiger partial charge on any atom is 0.225 e. The second-order valence-corrected chi connectivity index (χ2v) is 4.60. The third-order valence-electron chi connectivity index (χ3n) is 2.49. The average Bonchev–Trinajstić information content (AvgIpc) is 2.69. The Morgan fingerprint density at radius 1 is 1.56 bits per heavy atom. The van der Waals surface area contributed by atoms with Crippen molar-refractivity contribution in [1.82, 2.24) is 9.97 Å². The van der Waals surface area contributed by atoms with Gasteiger partial charge in [0.1, 0.15) is 10.4 Å². The minimum Gasteiger partial charge on any atom is -0.383 e. The Kier molecular flexibility index (Phi) is 3.95. The van der Waals surface area contributed by atoms with Crippen LogP contribution < -0.4 is 11.1 Å². The van der Waals surface area contributed by atoms with Gasteiger partial charge in [-0.25, -0.2) is 4.98 Å². The van der Waals surface area contributed by atoms with Crippen molar-refractivity contribution in [2.24, 2.45) is 0 Å². The Bertz CT molecular complexity index is 334. The lowest BCUT2D eigenvalue weighted by atomic mass is 10.2. The topological polar surface area (TPSA) is 73.1 Å². The number of nitrogen functional groups attached to an aromatic ring is 1. The maximum atomic E-state index is 5.61. The van der Waals surface area contributed by atoms with E-state index in [9.17, 15) is 0 Å². The largest absolute Gasteiger partial charge is 0.383 e. The van der Waals surface area contributed by atoms with Crippen molar-refractivity contribution < 1.29 is 4.74 Å². The van der Waals surface area contributed by atoms with Crippen molar-refractivity contribution >= 4 is 27.7 Å². The van der Waals surface area contributed by atoms with Crippen molar-refractivity contribution in [2.75, 3.05) is 24.2 Å². The van der Waals surface area contributed by atoms with Crippen LogP contribution in [0, 0.1) is 0 Å². The molecule has 0 radical (unpaired) electrons. The molecule has 1 aromatic rings. The van der Waals surface area contributed by atoms with Gasteiger partial charge in [-0.3, -0.25) is 0 Å². The average molecular weight is 287 g/mol. The zero-order valence-corrected chi connectivity index (χ0v) is 10.5. The molecule has 0 aromatic carbocycles. The second-order valence-electron chi connectivity index (χ2n) is 3.79. The van der Waals surface area contributed by atoms with Crippen molar-refractivity contribution in [2.45, 2.75) is 25.4 Å². The van der Waals surface area contributed by atoms with Gasteiger partial charge >= 0.3 is 0 Å². The van der Waals surface area contributed by atoms with Crippen LogP contribution in [0.3, 0.4) is 0 Å². The zero-order chi connectivity index (χ0) is 11.4. The lowest BCUT2D eigenvalue weighted by Gasteiger charge is -2.10. The summed E-state index contributed by atoms with van der Waals surface area (Å²) in [4.78, 5) is 8.25. The molecule has 0 bridgehead atoms. The first-order valence-corrected chi connectivity index (χ1v) is 6.19. The van der Waals surface area contributed by atoms with Crippen LogP contribution in [0.5, 0.6) is 0 Å². The van der Waals surface area contributed by atoms with Crippen molar-refractivity contribution in [3.05, 3.63) is 10.7 Å². The van der Waals surface area contributed by atoms with Crippen LogP contribution in [-0.2, 0) is 4.74 Å². The van der Waals surface area contributed by atoms with Crippen LogP contribution in [0.15, 0.2) is 10.7 Å². The quantitative estimate of drug-likeness (QED) is 0.826. The highest BCUT2D eigenvalue weighted by molar-refractivity contribution is 9.10. The summed E-state index contributed by atoms with van der Waals surface area (Å²) in [5.74, 6) is 1.02. The third-order valence-corrected chi connectivity index (χ3v) is 2.89. The molecule has 0 amide bonds. The summed E-state index contributed by atoms with van der Waals surface area (Å²) in [6, 6.07) is 1.67. The number of hydrogen-bond donors (Lipinski definition) is 2. The summed E-state index contributed by atoms with van der Waals surface area (Å²) in [6.07, 6.45) is 3.70. The van der Waals surface area contributed by atoms with Gasteiger partial charge in [-0.2, -0.15) is 4.98 Å². The minimum absolute atomic E-state index is 0.386. The van der Waals surface area contributed by atoms with E-state index in [-0.39, 0.29) is 0 Å². The molecule has 1 atom stereocenters. The molecule has 0 spiro atoms. The molecule has 1 aromatic heterocycles. The Balaban J connectivity index is 1.80. The van der Waals surface area contributed by atoms with E-state index in [0.717, 1.165) is 26.0 Å². The van der Waals surface area contributed by atoms with Crippen molar-refractivity contribution in [1.29, 1.82) is 0 Å². The maximum absolute atomic E-state index is 5.61. The normalized spacial score (nSPS) is 19.9. The molecule has 2 heterocycles. The van der Waals surface area contributed by atoms with Crippen molar-refractivity contribution in [3.63, 3.8) is 0 Å². The summed E-state index contributed by atoms with van der Waals surface area (Å²) in [5.41, 5.74) is 5.61.